The maximum atomic E-state index is 13.8. The molecule has 0 saturated carbocycles. The molecule has 0 aromatic heterocycles. The Morgan fingerprint density at radius 2 is 2.10 bits per heavy atom. The molecule has 1 N–H and O–H groups in total. The molecule has 0 heterocycles. The number of methoxy groups -OCH3 is 1. The zero-order chi connectivity index (χ0) is 15.0. The van der Waals surface area contributed by atoms with Gasteiger partial charge in [-0.25, -0.2) is 4.39 Å². The Labute approximate surface area is 130 Å². The second-order valence-corrected chi connectivity index (χ2v) is 6.55. The molecule has 0 bridgehead atoms. The van der Waals surface area contributed by atoms with Gasteiger partial charge in [0, 0.05) is 18.1 Å². The van der Waals surface area contributed by atoms with Gasteiger partial charge in [-0.2, -0.15) is 0 Å². The first-order valence-corrected chi connectivity index (χ1v) is 7.95. The summed E-state index contributed by atoms with van der Waals surface area (Å²) < 4.78 is 19.8. The molecule has 1 aromatic rings. The maximum absolute atomic E-state index is 13.8. The maximum Gasteiger partial charge on any atom is 0.126 e. The van der Waals surface area contributed by atoms with Crippen LogP contribution in [0, 0.1) is 17.7 Å². The van der Waals surface area contributed by atoms with Gasteiger partial charge in [-0.1, -0.05) is 29.8 Å². The normalized spacial score (nSPS) is 12.9. The van der Waals surface area contributed by atoms with Gasteiger partial charge in [0.1, 0.15) is 5.82 Å². The van der Waals surface area contributed by atoms with Gasteiger partial charge >= 0.3 is 0 Å². The number of hydrogen-bond donors (Lipinski definition) is 1. The minimum atomic E-state index is -0.112. The quantitative estimate of drug-likeness (QED) is 0.682. The molecule has 1 rings (SSSR count). The third-order valence-electron chi connectivity index (χ3n) is 3.24. The van der Waals surface area contributed by atoms with Crippen LogP contribution in [0.25, 0.3) is 0 Å². The van der Waals surface area contributed by atoms with Crippen molar-refractivity contribution in [2.24, 2.45) is 11.8 Å². The van der Waals surface area contributed by atoms with Crippen LogP contribution in [-0.2, 0) is 11.2 Å². The van der Waals surface area contributed by atoms with E-state index < -0.39 is 0 Å². The number of benzene rings is 1. The smallest absolute Gasteiger partial charge is 0.126 e. The highest BCUT2D eigenvalue weighted by molar-refractivity contribution is 9.10. The van der Waals surface area contributed by atoms with Gasteiger partial charge in [0.05, 0.1) is 6.61 Å². The van der Waals surface area contributed by atoms with Crippen LogP contribution in [0.4, 0.5) is 4.39 Å². The summed E-state index contributed by atoms with van der Waals surface area (Å²) in [4.78, 5) is 0. The first-order valence-electron chi connectivity index (χ1n) is 7.16. The molecule has 114 valence electrons. The van der Waals surface area contributed by atoms with E-state index in [-0.39, 0.29) is 5.82 Å². The molecule has 0 spiro atoms. The van der Waals surface area contributed by atoms with Gasteiger partial charge in [-0.3, -0.25) is 0 Å². The highest BCUT2D eigenvalue weighted by atomic mass is 79.9. The first kappa shape index (κ1) is 17.6. The zero-order valence-electron chi connectivity index (χ0n) is 12.6. The van der Waals surface area contributed by atoms with E-state index in [2.05, 4.69) is 35.1 Å². The monoisotopic (exact) mass is 345 g/mol. The number of rotatable bonds is 9. The van der Waals surface area contributed by atoms with Crippen LogP contribution >= 0.6 is 15.9 Å². The molecule has 0 aliphatic heterocycles. The van der Waals surface area contributed by atoms with Crippen molar-refractivity contribution in [3.8, 4) is 0 Å². The molecule has 0 fully saturated rings. The Hall–Kier alpha value is -0.450. The lowest BCUT2D eigenvalue weighted by Gasteiger charge is -2.20. The van der Waals surface area contributed by atoms with Gasteiger partial charge in [0.25, 0.3) is 0 Å². The Morgan fingerprint density at radius 3 is 2.75 bits per heavy atom. The van der Waals surface area contributed by atoms with E-state index in [0.29, 0.717) is 18.4 Å². The van der Waals surface area contributed by atoms with Crippen molar-refractivity contribution in [3.63, 3.8) is 0 Å². The summed E-state index contributed by atoms with van der Waals surface area (Å²) in [7, 11) is 1.70. The van der Waals surface area contributed by atoms with Crippen molar-refractivity contribution >= 4 is 15.9 Å². The molecule has 0 amide bonds. The summed E-state index contributed by atoms with van der Waals surface area (Å²) >= 11 is 3.41. The minimum absolute atomic E-state index is 0.112. The van der Waals surface area contributed by atoms with E-state index in [4.69, 9.17) is 4.74 Å². The molecule has 1 unspecified atom stereocenters. The Balaban J connectivity index is 2.60. The van der Waals surface area contributed by atoms with Crippen LogP contribution in [-0.4, -0.2) is 26.8 Å². The van der Waals surface area contributed by atoms with Crippen molar-refractivity contribution in [2.45, 2.75) is 26.7 Å². The third kappa shape index (κ3) is 6.82. The van der Waals surface area contributed by atoms with Crippen molar-refractivity contribution in [1.29, 1.82) is 0 Å². The van der Waals surface area contributed by atoms with E-state index in [1.54, 1.807) is 13.2 Å². The van der Waals surface area contributed by atoms with Gasteiger partial charge < -0.3 is 10.1 Å². The van der Waals surface area contributed by atoms with Crippen LogP contribution in [0.5, 0.6) is 0 Å². The summed E-state index contributed by atoms with van der Waals surface area (Å²) in [5.41, 5.74) is 0.790. The minimum Gasteiger partial charge on any atom is -0.383 e. The molecule has 0 radical (unpaired) electrons. The molecule has 0 aliphatic carbocycles. The highest BCUT2D eigenvalue weighted by Crippen LogP contribution is 2.22. The lowest BCUT2D eigenvalue weighted by molar-refractivity contribution is 0.197. The Kier molecular flexibility index (Phi) is 8.34. The molecule has 4 heteroatoms. The molecular formula is C16H25BrFNO. The van der Waals surface area contributed by atoms with E-state index in [1.165, 1.54) is 6.07 Å². The SMILES string of the molecule is COCCNCC(Cc1cc(Br)ccc1F)CC(C)C. The lowest BCUT2D eigenvalue weighted by atomic mass is 9.90. The number of halogens is 2. The molecule has 2 nitrogen and oxygen atoms in total. The fraction of sp³-hybridized carbons (Fsp3) is 0.625. The average Bonchev–Trinajstić information content (AvgIpc) is 2.38. The van der Waals surface area contributed by atoms with Gasteiger partial charge in [0.2, 0.25) is 0 Å². The fourth-order valence-electron chi connectivity index (χ4n) is 2.40. The van der Waals surface area contributed by atoms with Crippen molar-refractivity contribution in [3.05, 3.63) is 34.1 Å². The summed E-state index contributed by atoms with van der Waals surface area (Å²) in [5, 5.41) is 3.39. The molecule has 1 atom stereocenters. The van der Waals surface area contributed by atoms with Crippen molar-refractivity contribution in [2.75, 3.05) is 26.8 Å². The van der Waals surface area contributed by atoms with Gasteiger partial charge in [-0.05, 0) is 55.0 Å². The van der Waals surface area contributed by atoms with E-state index in [0.717, 1.165) is 36.0 Å². The highest BCUT2D eigenvalue weighted by Gasteiger charge is 2.14. The summed E-state index contributed by atoms with van der Waals surface area (Å²) in [6.07, 6.45) is 1.86. The predicted octanol–water partition coefficient (Wildman–Crippen LogP) is 4.03. The molecule has 0 aliphatic rings. The van der Waals surface area contributed by atoms with E-state index in [9.17, 15) is 4.39 Å². The topological polar surface area (TPSA) is 21.3 Å². The van der Waals surface area contributed by atoms with Gasteiger partial charge in [-0.15, -0.1) is 0 Å². The van der Waals surface area contributed by atoms with E-state index >= 15 is 0 Å². The van der Waals surface area contributed by atoms with Gasteiger partial charge in [0.15, 0.2) is 0 Å². The van der Waals surface area contributed by atoms with Crippen LogP contribution in [0.3, 0.4) is 0 Å². The summed E-state index contributed by atoms with van der Waals surface area (Å²) in [5.74, 6) is 0.939. The fourth-order valence-corrected chi connectivity index (χ4v) is 2.81. The van der Waals surface area contributed by atoms with Crippen molar-refractivity contribution < 1.29 is 9.13 Å². The second kappa shape index (κ2) is 9.48. The largest absolute Gasteiger partial charge is 0.383 e. The average molecular weight is 346 g/mol. The molecule has 0 saturated heterocycles. The lowest BCUT2D eigenvalue weighted by Crippen LogP contribution is -2.28. The predicted molar refractivity (Wildman–Crippen MR) is 85.5 cm³/mol. The Morgan fingerprint density at radius 1 is 1.35 bits per heavy atom. The van der Waals surface area contributed by atoms with E-state index in [1.807, 2.05) is 6.07 Å². The summed E-state index contributed by atoms with van der Waals surface area (Å²) in [6, 6.07) is 5.16. The van der Waals surface area contributed by atoms with Crippen LogP contribution in [0.2, 0.25) is 0 Å². The summed E-state index contributed by atoms with van der Waals surface area (Å²) in [6.45, 7) is 6.86. The first-order chi connectivity index (χ1) is 9.52. The molecular weight excluding hydrogens is 321 g/mol. The number of hydrogen-bond acceptors (Lipinski definition) is 2. The standard InChI is InChI=1S/C16H25BrFNO/c1-12(2)8-13(11-19-6-7-20-3)9-14-10-15(17)4-5-16(14)18/h4-5,10,12-13,19H,6-9,11H2,1-3H3. The molecule has 1 aromatic carbocycles. The molecule has 20 heavy (non-hydrogen) atoms. The Bertz CT molecular complexity index is 398. The zero-order valence-corrected chi connectivity index (χ0v) is 14.2. The van der Waals surface area contributed by atoms with Crippen molar-refractivity contribution in [1.82, 2.24) is 5.32 Å². The third-order valence-corrected chi connectivity index (χ3v) is 3.73. The number of ether oxygens (including phenoxy) is 1. The van der Waals surface area contributed by atoms with Crippen LogP contribution in [0.15, 0.2) is 22.7 Å². The van der Waals surface area contributed by atoms with Crippen LogP contribution in [0.1, 0.15) is 25.8 Å². The second-order valence-electron chi connectivity index (χ2n) is 5.63. The van der Waals surface area contributed by atoms with Crippen LogP contribution < -0.4 is 5.32 Å². The number of nitrogens with one attached hydrogen (secondary N) is 1.